The van der Waals surface area contributed by atoms with E-state index in [-0.39, 0.29) is 27.3 Å². The van der Waals surface area contributed by atoms with Crippen LogP contribution in [0.5, 0.6) is 5.75 Å². The molecule has 3 N–H and O–H groups in total. The monoisotopic (exact) mass is 376 g/mol. The van der Waals surface area contributed by atoms with Gasteiger partial charge in [-0.15, -0.1) is 11.3 Å². The first-order chi connectivity index (χ1) is 11.3. The number of hydrogen-bond acceptors (Lipinski definition) is 7. The summed E-state index contributed by atoms with van der Waals surface area (Å²) >= 11 is 0.832. The zero-order chi connectivity index (χ0) is 18.0. The fourth-order valence-corrected chi connectivity index (χ4v) is 6.14. The Morgan fingerprint density at radius 2 is 2.17 bits per heavy atom. The van der Waals surface area contributed by atoms with E-state index in [0.717, 1.165) is 30.6 Å². The van der Waals surface area contributed by atoms with E-state index >= 15 is 0 Å². The van der Waals surface area contributed by atoms with Gasteiger partial charge < -0.3 is 15.2 Å². The van der Waals surface area contributed by atoms with Gasteiger partial charge in [-0.2, -0.15) is 0 Å². The number of sulfonamides is 1. The van der Waals surface area contributed by atoms with Gasteiger partial charge in [0, 0.05) is 18.2 Å². The molecule has 7 nitrogen and oxygen atoms in total. The van der Waals surface area contributed by atoms with Crippen LogP contribution in [0.3, 0.4) is 0 Å². The number of nitrogens with two attached hydrogens (primary N) is 1. The smallest absolute Gasteiger partial charge is 0.348 e. The largest absolute Gasteiger partial charge is 0.494 e. The van der Waals surface area contributed by atoms with Crippen LogP contribution >= 0.6 is 11.3 Å². The number of hydrogen-bond donors (Lipinski definition) is 2. The molecule has 1 saturated carbocycles. The molecule has 1 aliphatic rings. The molecule has 136 valence electrons. The molecule has 9 heteroatoms. The van der Waals surface area contributed by atoms with Crippen LogP contribution in [-0.2, 0) is 14.8 Å². The van der Waals surface area contributed by atoms with Gasteiger partial charge in [-0.25, -0.2) is 17.9 Å². The van der Waals surface area contributed by atoms with Gasteiger partial charge in [-0.3, -0.25) is 0 Å². The second kappa shape index (κ2) is 7.38. The van der Waals surface area contributed by atoms with Crippen molar-refractivity contribution in [1.82, 2.24) is 4.72 Å². The van der Waals surface area contributed by atoms with Crippen LogP contribution in [-0.4, -0.2) is 40.7 Å². The lowest BCUT2D eigenvalue weighted by Crippen LogP contribution is -2.58. The number of carbonyl (C=O) groups is 1. The predicted molar refractivity (Wildman–Crippen MR) is 91.9 cm³/mol. The summed E-state index contributed by atoms with van der Waals surface area (Å²) in [4.78, 5) is 11.9. The number of carbonyl (C=O) groups excluding carboxylic acids is 1. The molecule has 2 atom stereocenters. The first kappa shape index (κ1) is 19.2. The molecule has 2 rings (SSSR count). The zero-order valence-electron chi connectivity index (χ0n) is 14.1. The van der Waals surface area contributed by atoms with E-state index < -0.39 is 21.5 Å². The summed E-state index contributed by atoms with van der Waals surface area (Å²) in [5, 5.41) is 0. The fraction of sp³-hybridized carbons (Fsp3) is 0.667. The van der Waals surface area contributed by atoms with E-state index in [0.29, 0.717) is 6.42 Å². The van der Waals surface area contributed by atoms with Gasteiger partial charge in [0.2, 0.25) is 0 Å². The molecule has 1 heterocycles. The fourth-order valence-electron chi connectivity index (χ4n) is 3.11. The Balaban J connectivity index is 2.39. The van der Waals surface area contributed by atoms with Gasteiger partial charge in [0.05, 0.1) is 14.2 Å². The number of rotatable bonds is 6. The maximum absolute atomic E-state index is 12.9. The molecule has 1 aromatic rings. The molecule has 2 unspecified atom stereocenters. The van der Waals surface area contributed by atoms with Crippen molar-refractivity contribution in [2.24, 2.45) is 11.7 Å². The maximum Gasteiger partial charge on any atom is 0.348 e. The quantitative estimate of drug-likeness (QED) is 0.732. The minimum atomic E-state index is -3.87. The van der Waals surface area contributed by atoms with Crippen LogP contribution in [0.25, 0.3) is 0 Å². The third-order valence-corrected chi connectivity index (χ3v) is 7.84. The lowest BCUT2D eigenvalue weighted by molar-refractivity contribution is 0.0606. The average molecular weight is 377 g/mol. The van der Waals surface area contributed by atoms with Crippen LogP contribution < -0.4 is 15.2 Å². The normalized spacial score (nSPS) is 24.6. The Morgan fingerprint density at radius 1 is 1.46 bits per heavy atom. The molecule has 0 amide bonds. The molecule has 0 bridgehead atoms. The molecule has 0 aromatic carbocycles. The minimum absolute atomic E-state index is 0.0315. The van der Waals surface area contributed by atoms with E-state index in [4.69, 9.17) is 10.5 Å². The van der Waals surface area contributed by atoms with Crippen molar-refractivity contribution in [2.75, 3.05) is 20.8 Å². The SMILES string of the molecule is COC(=O)c1cc(OC)c(S(=O)(=O)NC2(CN)CCCCC2C)s1. The van der Waals surface area contributed by atoms with E-state index in [9.17, 15) is 13.2 Å². The summed E-state index contributed by atoms with van der Waals surface area (Å²) in [6.07, 6.45) is 3.62. The highest BCUT2D eigenvalue weighted by Crippen LogP contribution is 2.38. The molecular formula is C15H24N2O5S2. The molecule has 0 aliphatic heterocycles. The van der Waals surface area contributed by atoms with E-state index in [2.05, 4.69) is 9.46 Å². The number of ether oxygens (including phenoxy) is 2. The summed E-state index contributed by atoms with van der Waals surface area (Å²) in [5.41, 5.74) is 5.26. The van der Waals surface area contributed by atoms with Gasteiger partial charge in [-0.05, 0) is 18.8 Å². The predicted octanol–water partition coefficient (Wildman–Crippen LogP) is 1.73. The summed E-state index contributed by atoms with van der Waals surface area (Å²) < 4.78 is 38.4. The Kier molecular flexibility index (Phi) is 5.90. The minimum Gasteiger partial charge on any atom is -0.494 e. The van der Waals surface area contributed by atoms with Gasteiger partial charge in [0.15, 0.2) is 9.96 Å². The van der Waals surface area contributed by atoms with Gasteiger partial charge in [0.25, 0.3) is 10.0 Å². The van der Waals surface area contributed by atoms with Crippen molar-refractivity contribution in [3.63, 3.8) is 0 Å². The topological polar surface area (TPSA) is 108 Å². The second-order valence-electron chi connectivity index (χ2n) is 6.07. The van der Waals surface area contributed by atoms with Crippen molar-refractivity contribution >= 4 is 27.3 Å². The molecule has 0 radical (unpaired) electrons. The van der Waals surface area contributed by atoms with E-state index in [1.807, 2.05) is 6.92 Å². The standard InChI is InChI=1S/C15H24N2O5S2/c1-10-6-4-5-7-15(10,9-16)17-24(19,20)14-11(21-2)8-12(23-14)13(18)22-3/h8,10,17H,4-7,9,16H2,1-3H3. The number of nitrogens with one attached hydrogen (secondary N) is 1. The van der Waals surface area contributed by atoms with Crippen LogP contribution in [0, 0.1) is 5.92 Å². The van der Waals surface area contributed by atoms with Crippen LogP contribution in [0.1, 0.15) is 42.3 Å². The first-order valence-electron chi connectivity index (χ1n) is 7.80. The Hall–Kier alpha value is -1.16. The number of thiophene rings is 1. The van der Waals surface area contributed by atoms with Crippen LogP contribution in [0.2, 0.25) is 0 Å². The molecule has 24 heavy (non-hydrogen) atoms. The van der Waals surface area contributed by atoms with Crippen LogP contribution in [0.4, 0.5) is 0 Å². The Labute approximate surface area is 146 Å². The van der Waals surface area contributed by atoms with Gasteiger partial charge >= 0.3 is 5.97 Å². The van der Waals surface area contributed by atoms with Crippen molar-refractivity contribution in [1.29, 1.82) is 0 Å². The van der Waals surface area contributed by atoms with Crippen molar-refractivity contribution in [3.05, 3.63) is 10.9 Å². The van der Waals surface area contributed by atoms with Crippen molar-refractivity contribution in [2.45, 2.75) is 42.4 Å². The van der Waals surface area contributed by atoms with Gasteiger partial charge in [0.1, 0.15) is 4.88 Å². The van der Waals surface area contributed by atoms with Gasteiger partial charge in [-0.1, -0.05) is 19.8 Å². The molecular weight excluding hydrogens is 352 g/mol. The molecule has 1 aromatic heterocycles. The molecule has 0 spiro atoms. The maximum atomic E-state index is 12.9. The molecule has 1 aliphatic carbocycles. The number of esters is 1. The molecule has 1 fully saturated rings. The highest BCUT2D eigenvalue weighted by molar-refractivity contribution is 7.91. The summed E-state index contributed by atoms with van der Waals surface area (Å²) in [6.45, 7) is 2.24. The second-order valence-corrected chi connectivity index (χ2v) is 9.00. The lowest BCUT2D eigenvalue weighted by atomic mass is 9.74. The lowest BCUT2D eigenvalue weighted by Gasteiger charge is -2.42. The summed E-state index contributed by atoms with van der Waals surface area (Å²) in [7, 11) is -1.26. The van der Waals surface area contributed by atoms with E-state index in [1.54, 1.807) is 0 Å². The zero-order valence-corrected chi connectivity index (χ0v) is 15.8. The van der Waals surface area contributed by atoms with Crippen LogP contribution in [0.15, 0.2) is 10.3 Å². The first-order valence-corrected chi connectivity index (χ1v) is 10.1. The van der Waals surface area contributed by atoms with Crippen molar-refractivity contribution < 1.29 is 22.7 Å². The molecule has 0 saturated heterocycles. The third kappa shape index (κ3) is 3.58. The number of methoxy groups -OCH3 is 2. The van der Waals surface area contributed by atoms with Crippen molar-refractivity contribution in [3.8, 4) is 5.75 Å². The average Bonchev–Trinajstić information content (AvgIpc) is 3.01. The summed E-state index contributed by atoms with van der Waals surface area (Å²) in [5.74, 6) is -0.333. The highest BCUT2D eigenvalue weighted by Gasteiger charge is 2.42. The summed E-state index contributed by atoms with van der Waals surface area (Å²) in [6, 6.07) is 1.38. The Morgan fingerprint density at radius 3 is 2.71 bits per heavy atom. The van der Waals surface area contributed by atoms with E-state index in [1.165, 1.54) is 20.3 Å². The highest BCUT2D eigenvalue weighted by atomic mass is 32.2. The third-order valence-electron chi connectivity index (χ3n) is 4.67. The Bertz CT molecular complexity index is 701.